The van der Waals surface area contributed by atoms with E-state index < -0.39 is 17.3 Å². The van der Waals surface area contributed by atoms with E-state index in [1.807, 2.05) is 13.0 Å². The Labute approximate surface area is 123 Å². The Morgan fingerprint density at radius 3 is 2.60 bits per heavy atom. The molecule has 2 aromatic rings. The summed E-state index contributed by atoms with van der Waals surface area (Å²) in [6.45, 7) is 1.83. The molecule has 0 heterocycles. The lowest BCUT2D eigenvalue weighted by Crippen LogP contribution is -2.03. The second-order valence-corrected chi connectivity index (χ2v) is 5.10. The average molecular weight is 340 g/mol. The number of ether oxygens (including phenoxy) is 1. The fourth-order valence-electron chi connectivity index (χ4n) is 1.67. The number of halogens is 2. The summed E-state index contributed by atoms with van der Waals surface area (Å²) in [6, 6.07) is 7.34. The van der Waals surface area contributed by atoms with Gasteiger partial charge in [-0.05, 0) is 36.8 Å². The summed E-state index contributed by atoms with van der Waals surface area (Å²) in [5.74, 6) is -1.67. The van der Waals surface area contributed by atoms with E-state index in [1.54, 1.807) is 12.1 Å². The third kappa shape index (κ3) is 2.91. The number of hydrogen-bond acceptors (Lipinski definition) is 3. The number of rotatable bonds is 3. The van der Waals surface area contributed by atoms with Crippen molar-refractivity contribution in [2.75, 3.05) is 5.73 Å². The van der Waals surface area contributed by atoms with Crippen molar-refractivity contribution in [3.8, 4) is 11.5 Å². The molecule has 0 saturated carbocycles. The number of carbonyl (C=O) groups is 1. The maximum Gasteiger partial charge on any atom is 0.338 e. The molecule has 6 heteroatoms. The lowest BCUT2D eigenvalue weighted by molar-refractivity contribution is 0.0692. The van der Waals surface area contributed by atoms with E-state index >= 15 is 0 Å². The van der Waals surface area contributed by atoms with Crippen LogP contribution in [0.5, 0.6) is 11.5 Å². The number of aromatic carboxylic acids is 1. The lowest BCUT2D eigenvalue weighted by atomic mass is 10.1. The summed E-state index contributed by atoms with van der Waals surface area (Å²) in [7, 11) is 0. The van der Waals surface area contributed by atoms with Crippen molar-refractivity contribution in [1.82, 2.24) is 0 Å². The van der Waals surface area contributed by atoms with Gasteiger partial charge in [0.05, 0.1) is 11.3 Å². The number of aryl methyl sites for hydroxylation is 1. The highest BCUT2D eigenvalue weighted by atomic mass is 79.9. The van der Waals surface area contributed by atoms with Crippen LogP contribution < -0.4 is 10.5 Å². The van der Waals surface area contributed by atoms with Crippen LogP contribution in [0.2, 0.25) is 0 Å². The first kappa shape index (κ1) is 14.3. The van der Waals surface area contributed by atoms with Crippen LogP contribution in [0.3, 0.4) is 0 Å². The molecule has 104 valence electrons. The van der Waals surface area contributed by atoms with Crippen molar-refractivity contribution >= 4 is 27.6 Å². The normalized spacial score (nSPS) is 10.3. The van der Waals surface area contributed by atoms with Gasteiger partial charge in [-0.1, -0.05) is 15.9 Å². The van der Waals surface area contributed by atoms with E-state index in [4.69, 9.17) is 15.6 Å². The van der Waals surface area contributed by atoms with Gasteiger partial charge in [-0.15, -0.1) is 0 Å². The summed E-state index contributed by atoms with van der Waals surface area (Å²) in [4.78, 5) is 10.8. The molecule has 0 unspecified atom stereocenters. The van der Waals surface area contributed by atoms with Crippen molar-refractivity contribution < 1.29 is 19.0 Å². The van der Waals surface area contributed by atoms with Gasteiger partial charge < -0.3 is 15.6 Å². The second-order valence-electron chi connectivity index (χ2n) is 4.19. The average Bonchev–Trinajstić information content (AvgIpc) is 2.36. The maximum absolute atomic E-state index is 13.6. The minimum atomic E-state index is -1.37. The van der Waals surface area contributed by atoms with E-state index in [9.17, 15) is 9.18 Å². The molecule has 0 atom stereocenters. The Hall–Kier alpha value is -2.08. The molecule has 0 bridgehead atoms. The largest absolute Gasteiger partial charge is 0.478 e. The quantitative estimate of drug-likeness (QED) is 0.830. The fraction of sp³-hybridized carbons (Fsp3) is 0.0714. The molecule has 0 saturated heterocycles. The third-order valence-electron chi connectivity index (χ3n) is 2.69. The Kier molecular flexibility index (Phi) is 3.94. The highest BCUT2D eigenvalue weighted by Gasteiger charge is 2.15. The molecular formula is C14H11BrFNO3. The molecule has 2 aromatic carbocycles. The molecule has 0 radical (unpaired) electrons. The van der Waals surface area contributed by atoms with Crippen LogP contribution in [0.1, 0.15) is 15.9 Å². The van der Waals surface area contributed by atoms with Gasteiger partial charge in [0.25, 0.3) is 0 Å². The Morgan fingerprint density at radius 1 is 1.30 bits per heavy atom. The van der Waals surface area contributed by atoms with Gasteiger partial charge in [-0.2, -0.15) is 0 Å². The Balaban J connectivity index is 2.39. The fourth-order valence-corrected chi connectivity index (χ4v) is 2.15. The van der Waals surface area contributed by atoms with Crippen molar-refractivity contribution in [3.05, 3.63) is 51.7 Å². The van der Waals surface area contributed by atoms with Gasteiger partial charge in [0, 0.05) is 10.5 Å². The molecular weight excluding hydrogens is 329 g/mol. The molecule has 0 aromatic heterocycles. The van der Waals surface area contributed by atoms with Gasteiger partial charge in [-0.25, -0.2) is 9.18 Å². The van der Waals surface area contributed by atoms with E-state index in [0.717, 1.165) is 22.2 Å². The van der Waals surface area contributed by atoms with E-state index in [2.05, 4.69) is 15.9 Å². The summed E-state index contributed by atoms with van der Waals surface area (Å²) < 4.78 is 20.0. The van der Waals surface area contributed by atoms with Gasteiger partial charge in [0.2, 0.25) is 0 Å². The van der Waals surface area contributed by atoms with Crippen molar-refractivity contribution in [3.63, 3.8) is 0 Å². The molecule has 0 aliphatic carbocycles. The zero-order valence-electron chi connectivity index (χ0n) is 10.5. The molecule has 20 heavy (non-hydrogen) atoms. The van der Waals surface area contributed by atoms with Crippen molar-refractivity contribution in [1.29, 1.82) is 0 Å². The molecule has 0 aliphatic heterocycles. The second kappa shape index (κ2) is 5.50. The minimum absolute atomic E-state index is 0.0612. The van der Waals surface area contributed by atoms with Crippen LogP contribution in [0.15, 0.2) is 34.8 Å². The maximum atomic E-state index is 13.6. The van der Waals surface area contributed by atoms with E-state index in [0.29, 0.717) is 5.75 Å². The van der Waals surface area contributed by atoms with Crippen LogP contribution in [-0.2, 0) is 0 Å². The van der Waals surface area contributed by atoms with Gasteiger partial charge in [0.1, 0.15) is 11.6 Å². The molecule has 0 fully saturated rings. The first-order valence-electron chi connectivity index (χ1n) is 5.65. The van der Waals surface area contributed by atoms with Crippen LogP contribution >= 0.6 is 15.9 Å². The molecule has 0 amide bonds. The van der Waals surface area contributed by atoms with E-state index in [1.165, 1.54) is 0 Å². The topological polar surface area (TPSA) is 72.5 Å². The molecule has 0 aliphatic rings. The van der Waals surface area contributed by atoms with Crippen LogP contribution in [0.25, 0.3) is 0 Å². The van der Waals surface area contributed by atoms with Crippen LogP contribution in [-0.4, -0.2) is 11.1 Å². The molecule has 3 N–H and O–H groups in total. The van der Waals surface area contributed by atoms with Crippen molar-refractivity contribution in [2.45, 2.75) is 6.92 Å². The zero-order chi connectivity index (χ0) is 14.9. The Bertz CT molecular complexity index is 688. The minimum Gasteiger partial charge on any atom is -0.478 e. The lowest BCUT2D eigenvalue weighted by Gasteiger charge is -2.12. The molecule has 2 rings (SSSR count). The van der Waals surface area contributed by atoms with Crippen LogP contribution in [0.4, 0.5) is 10.1 Å². The Morgan fingerprint density at radius 2 is 2.00 bits per heavy atom. The first-order chi connectivity index (χ1) is 9.38. The standard InChI is InChI=1S/C14H11BrFNO3/c1-7-4-8(15)2-3-12(7)20-13-6-10(16)9(14(18)19)5-11(13)17/h2-6H,17H2,1H3,(H,18,19). The van der Waals surface area contributed by atoms with Crippen LogP contribution in [0, 0.1) is 12.7 Å². The highest BCUT2D eigenvalue weighted by molar-refractivity contribution is 9.10. The van der Waals surface area contributed by atoms with E-state index in [-0.39, 0.29) is 11.4 Å². The monoisotopic (exact) mass is 339 g/mol. The third-order valence-corrected chi connectivity index (χ3v) is 3.18. The number of nitrogens with two attached hydrogens (primary N) is 1. The number of carboxylic acid groups (broad SMARTS) is 1. The number of carboxylic acids is 1. The molecule has 4 nitrogen and oxygen atoms in total. The zero-order valence-corrected chi connectivity index (χ0v) is 12.1. The number of benzene rings is 2. The number of anilines is 1. The van der Waals surface area contributed by atoms with Gasteiger partial charge in [0.15, 0.2) is 5.75 Å². The van der Waals surface area contributed by atoms with Gasteiger partial charge in [-0.3, -0.25) is 0 Å². The predicted molar refractivity (Wildman–Crippen MR) is 76.7 cm³/mol. The summed E-state index contributed by atoms with van der Waals surface area (Å²) in [5.41, 5.74) is 6.10. The highest BCUT2D eigenvalue weighted by Crippen LogP contribution is 2.32. The number of hydrogen-bond donors (Lipinski definition) is 2. The summed E-state index contributed by atoms with van der Waals surface area (Å²) in [6.07, 6.45) is 0. The smallest absolute Gasteiger partial charge is 0.338 e. The first-order valence-corrected chi connectivity index (χ1v) is 6.44. The van der Waals surface area contributed by atoms with Gasteiger partial charge >= 0.3 is 5.97 Å². The summed E-state index contributed by atoms with van der Waals surface area (Å²) >= 11 is 3.33. The SMILES string of the molecule is Cc1cc(Br)ccc1Oc1cc(F)c(C(=O)O)cc1N. The summed E-state index contributed by atoms with van der Waals surface area (Å²) in [5, 5.41) is 8.80. The predicted octanol–water partition coefficient (Wildman–Crippen LogP) is 3.97. The van der Waals surface area contributed by atoms with Crippen molar-refractivity contribution in [2.24, 2.45) is 0 Å². The number of nitrogen functional groups attached to an aromatic ring is 1. The molecule has 0 spiro atoms.